The van der Waals surface area contributed by atoms with Crippen molar-refractivity contribution >= 4 is 26.6 Å². The lowest BCUT2D eigenvalue weighted by Crippen LogP contribution is -2.49. The van der Waals surface area contributed by atoms with Crippen LogP contribution in [0.5, 0.6) is 5.75 Å². The van der Waals surface area contributed by atoms with Gasteiger partial charge in [-0.3, -0.25) is 0 Å². The van der Waals surface area contributed by atoms with E-state index < -0.39 is 15.8 Å². The van der Waals surface area contributed by atoms with Crippen LogP contribution in [0.1, 0.15) is 0 Å². The zero-order valence-corrected chi connectivity index (χ0v) is 19.4. The number of halogens is 1. The summed E-state index contributed by atoms with van der Waals surface area (Å²) in [5.74, 6) is 0.184. The van der Waals surface area contributed by atoms with E-state index >= 15 is 0 Å². The zero-order valence-electron chi connectivity index (χ0n) is 18.6. The molecule has 5 rings (SSSR count). The largest absolute Gasteiger partial charge is 0.495 e. The molecule has 0 atom stereocenters. The number of methoxy groups -OCH3 is 1. The normalized spacial score (nSPS) is 14.9. The minimum Gasteiger partial charge on any atom is -0.495 e. The van der Waals surface area contributed by atoms with Gasteiger partial charge >= 0.3 is 0 Å². The number of rotatable bonds is 5. The molecule has 0 spiro atoms. The van der Waals surface area contributed by atoms with Gasteiger partial charge in [-0.25, -0.2) is 12.8 Å². The van der Waals surface area contributed by atoms with Crippen LogP contribution in [-0.4, -0.2) is 56.2 Å². The van der Waals surface area contributed by atoms with Gasteiger partial charge in [0.05, 0.1) is 12.8 Å². The second-order valence-electron chi connectivity index (χ2n) is 8.03. The molecule has 9 heteroatoms. The van der Waals surface area contributed by atoms with Gasteiger partial charge in [0.25, 0.3) is 0 Å². The fourth-order valence-corrected chi connectivity index (χ4v) is 5.73. The maximum absolute atomic E-state index is 13.7. The minimum atomic E-state index is -3.89. The number of fused-ring (bicyclic) bond motifs is 1. The van der Waals surface area contributed by atoms with Crippen molar-refractivity contribution in [3.8, 4) is 17.0 Å². The fraction of sp³-hybridized carbons (Fsp3) is 0.200. The lowest BCUT2D eigenvalue weighted by atomic mass is 10.1. The highest BCUT2D eigenvalue weighted by molar-refractivity contribution is 7.89. The van der Waals surface area contributed by atoms with Gasteiger partial charge in [0.1, 0.15) is 16.5 Å². The summed E-state index contributed by atoms with van der Waals surface area (Å²) < 4.78 is 46.4. The molecule has 34 heavy (non-hydrogen) atoms. The molecular weight excluding hydrogens is 455 g/mol. The second kappa shape index (κ2) is 9.00. The molecule has 1 saturated heterocycles. The first-order valence-electron chi connectivity index (χ1n) is 10.9. The van der Waals surface area contributed by atoms with Crippen LogP contribution >= 0.6 is 0 Å². The van der Waals surface area contributed by atoms with E-state index in [1.165, 1.54) is 28.9 Å². The van der Waals surface area contributed by atoms with Crippen LogP contribution in [0.2, 0.25) is 0 Å². The van der Waals surface area contributed by atoms with Gasteiger partial charge in [-0.15, -0.1) is 10.2 Å². The van der Waals surface area contributed by atoms with Crippen molar-refractivity contribution in [2.45, 2.75) is 4.90 Å². The third-order valence-electron chi connectivity index (χ3n) is 6.00. The van der Waals surface area contributed by atoms with Crippen molar-refractivity contribution in [2.75, 3.05) is 38.2 Å². The molecule has 3 aromatic carbocycles. The van der Waals surface area contributed by atoms with Crippen LogP contribution in [0.4, 0.5) is 10.2 Å². The molecule has 4 aromatic rings. The number of benzene rings is 3. The van der Waals surface area contributed by atoms with Gasteiger partial charge in [0, 0.05) is 31.7 Å². The standard InChI is InChI=1S/C25H23FN4O3S/c1-33-23-10-8-21(26)17-24(23)34(31,32)30-14-12-29(13-15-30)25-11-9-22(27-28-25)20-7-6-18-4-2-3-5-19(18)16-20/h2-11,16-17H,12-15H2,1H3. The third-order valence-corrected chi connectivity index (χ3v) is 7.92. The van der Waals surface area contributed by atoms with Crippen molar-refractivity contribution in [2.24, 2.45) is 0 Å². The van der Waals surface area contributed by atoms with Gasteiger partial charge in [-0.1, -0.05) is 36.4 Å². The Balaban J connectivity index is 1.30. The summed E-state index contributed by atoms with van der Waals surface area (Å²) in [6.45, 7) is 1.38. The summed E-state index contributed by atoms with van der Waals surface area (Å²) in [5, 5.41) is 11.1. The maximum atomic E-state index is 13.7. The first kappa shape index (κ1) is 22.2. The molecule has 0 aliphatic carbocycles. The molecule has 1 aliphatic heterocycles. The van der Waals surface area contributed by atoms with Gasteiger partial charge in [0.2, 0.25) is 10.0 Å². The molecule has 7 nitrogen and oxygen atoms in total. The number of nitrogens with zero attached hydrogens (tertiary/aromatic N) is 4. The molecule has 0 bridgehead atoms. The highest BCUT2D eigenvalue weighted by atomic mass is 32.2. The molecule has 1 aromatic heterocycles. The first-order chi connectivity index (χ1) is 16.5. The molecule has 2 heterocycles. The highest BCUT2D eigenvalue weighted by Gasteiger charge is 2.31. The number of hydrogen-bond donors (Lipinski definition) is 0. The topological polar surface area (TPSA) is 75.6 Å². The van der Waals surface area contributed by atoms with E-state index in [1.54, 1.807) is 0 Å². The van der Waals surface area contributed by atoms with E-state index in [-0.39, 0.29) is 23.7 Å². The van der Waals surface area contributed by atoms with Gasteiger partial charge in [-0.2, -0.15) is 4.31 Å². The molecule has 0 radical (unpaired) electrons. The van der Waals surface area contributed by atoms with E-state index in [0.717, 1.165) is 22.7 Å². The summed E-state index contributed by atoms with van der Waals surface area (Å²) in [7, 11) is -2.52. The SMILES string of the molecule is COc1ccc(F)cc1S(=O)(=O)N1CCN(c2ccc(-c3ccc4ccccc4c3)nn2)CC1. The first-order valence-corrected chi connectivity index (χ1v) is 12.3. The van der Waals surface area contributed by atoms with E-state index in [9.17, 15) is 12.8 Å². The number of sulfonamides is 1. The van der Waals surface area contributed by atoms with E-state index in [1.807, 2.05) is 35.2 Å². The Morgan fingerprint density at radius 2 is 1.62 bits per heavy atom. The van der Waals surface area contributed by atoms with Crippen molar-refractivity contribution < 1.29 is 17.5 Å². The van der Waals surface area contributed by atoms with Gasteiger partial charge in [0.15, 0.2) is 5.82 Å². The summed E-state index contributed by atoms with van der Waals surface area (Å²) in [6.07, 6.45) is 0. The number of ether oxygens (including phenoxy) is 1. The molecule has 0 saturated carbocycles. The van der Waals surface area contributed by atoms with Crippen molar-refractivity contribution in [1.82, 2.24) is 14.5 Å². The highest BCUT2D eigenvalue weighted by Crippen LogP contribution is 2.29. The Labute approximate surface area is 197 Å². The van der Waals surface area contributed by atoms with Gasteiger partial charge in [-0.05, 0) is 47.2 Å². The Bertz CT molecular complexity index is 1440. The van der Waals surface area contributed by atoms with Crippen LogP contribution in [0.15, 0.2) is 77.7 Å². The molecule has 1 aliphatic rings. The number of aromatic nitrogens is 2. The van der Waals surface area contributed by atoms with Crippen LogP contribution in [0.25, 0.3) is 22.0 Å². The van der Waals surface area contributed by atoms with E-state index in [4.69, 9.17) is 4.74 Å². The van der Waals surface area contributed by atoms with Crippen molar-refractivity contribution in [1.29, 1.82) is 0 Å². The van der Waals surface area contributed by atoms with Gasteiger partial charge < -0.3 is 9.64 Å². The summed E-state index contributed by atoms with van der Waals surface area (Å²) >= 11 is 0. The molecule has 1 fully saturated rings. The average Bonchev–Trinajstić information content (AvgIpc) is 2.88. The van der Waals surface area contributed by atoms with E-state index in [2.05, 4.69) is 34.5 Å². The predicted molar refractivity (Wildman–Crippen MR) is 129 cm³/mol. The second-order valence-corrected chi connectivity index (χ2v) is 9.93. The van der Waals surface area contributed by atoms with Crippen molar-refractivity contribution in [3.63, 3.8) is 0 Å². The Hall–Kier alpha value is -3.56. The lowest BCUT2D eigenvalue weighted by Gasteiger charge is -2.34. The monoisotopic (exact) mass is 478 g/mol. The van der Waals surface area contributed by atoms with Crippen LogP contribution in [0.3, 0.4) is 0 Å². The number of hydrogen-bond acceptors (Lipinski definition) is 6. The van der Waals surface area contributed by atoms with E-state index in [0.29, 0.717) is 18.9 Å². The number of anilines is 1. The van der Waals surface area contributed by atoms with Crippen LogP contribution in [0, 0.1) is 5.82 Å². The van der Waals surface area contributed by atoms with Crippen LogP contribution in [-0.2, 0) is 10.0 Å². The Kier molecular flexibility index (Phi) is 5.89. The molecule has 0 amide bonds. The average molecular weight is 479 g/mol. The zero-order chi connectivity index (χ0) is 23.7. The Morgan fingerprint density at radius 1 is 0.853 bits per heavy atom. The third kappa shape index (κ3) is 4.20. The Morgan fingerprint density at radius 3 is 2.32 bits per heavy atom. The van der Waals surface area contributed by atoms with Crippen molar-refractivity contribution in [3.05, 3.63) is 78.6 Å². The molecule has 174 valence electrons. The predicted octanol–water partition coefficient (Wildman–Crippen LogP) is 3.96. The summed E-state index contributed by atoms with van der Waals surface area (Å²) in [6, 6.07) is 21.6. The lowest BCUT2D eigenvalue weighted by molar-refractivity contribution is 0.372. The maximum Gasteiger partial charge on any atom is 0.246 e. The molecular formula is C25H23FN4O3S. The smallest absolute Gasteiger partial charge is 0.246 e. The number of piperazine rings is 1. The molecule has 0 N–H and O–H groups in total. The fourth-order valence-electron chi connectivity index (χ4n) is 4.15. The summed E-state index contributed by atoms with van der Waals surface area (Å²) in [5.41, 5.74) is 1.76. The molecule has 0 unspecified atom stereocenters. The minimum absolute atomic E-state index is 0.124. The summed E-state index contributed by atoms with van der Waals surface area (Å²) in [4.78, 5) is 1.83. The van der Waals surface area contributed by atoms with Crippen LogP contribution < -0.4 is 9.64 Å². The quantitative estimate of drug-likeness (QED) is 0.432.